The van der Waals surface area contributed by atoms with Gasteiger partial charge in [0, 0.05) is 11.6 Å². The summed E-state index contributed by atoms with van der Waals surface area (Å²) in [7, 11) is 1.31. The van der Waals surface area contributed by atoms with Crippen LogP contribution in [-0.4, -0.2) is 42.2 Å². The van der Waals surface area contributed by atoms with Crippen LogP contribution in [0, 0.1) is 5.92 Å². The van der Waals surface area contributed by atoms with Crippen LogP contribution in [0.3, 0.4) is 0 Å². The van der Waals surface area contributed by atoms with Gasteiger partial charge in [0.15, 0.2) is 11.8 Å². The summed E-state index contributed by atoms with van der Waals surface area (Å²) in [6.07, 6.45) is 1.83. The quantitative estimate of drug-likeness (QED) is 0.424. The molecule has 0 saturated carbocycles. The predicted molar refractivity (Wildman–Crippen MR) is 125 cm³/mol. The van der Waals surface area contributed by atoms with Crippen molar-refractivity contribution < 1.29 is 19.1 Å². The standard InChI is InChI=1S/C23H23ClN2O4S/c1-15(2)13-26-22(28)20(31-23(26)25-18-8-6-17(24)7-9-18)12-16-4-10-19(11-5-16)30-14-21(27)29-3/h4-12,15H,13-14H2,1-3H3/b20-12-,25-23?. The maximum Gasteiger partial charge on any atom is 0.343 e. The van der Waals surface area contributed by atoms with Crippen LogP contribution in [0.25, 0.3) is 6.08 Å². The summed E-state index contributed by atoms with van der Waals surface area (Å²) in [5.74, 6) is 0.323. The first kappa shape index (κ1) is 22.9. The number of ether oxygens (including phenoxy) is 2. The molecule has 0 spiro atoms. The Hall–Kier alpha value is -2.77. The molecule has 0 aliphatic carbocycles. The first-order chi connectivity index (χ1) is 14.9. The highest BCUT2D eigenvalue weighted by Gasteiger charge is 2.33. The SMILES string of the molecule is COC(=O)COc1ccc(/C=C2\SC(=Nc3ccc(Cl)cc3)N(CC(C)C)C2=O)cc1. The minimum atomic E-state index is -0.447. The number of nitrogens with zero attached hydrogens (tertiary/aromatic N) is 2. The van der Waals surface area contributed by atoms with Gasteiger partial charge in [-0.15, -0.1) is 0 Å². The smallest absolute Gasteiger partial charge is 0.343 e. The van der Waals surface area contributed by atoms with Gasteiger partial charge in [-0.3, -0.25) is 9.69 Å². The van der Waals surface area contributed by atoms with Crippen LogP contribution >= 0.6 is 23.4 Å². The minimum Gasteiger partial charge on any atom is -0.482 e. The van der Waals surface area contributed by atoms with Gasteiger partial charge in [0.2, 0.25) is 0 Å². The Morgan fingerprint density at radius 3 is 2.45 bits per heavy atom. The van der Waals surface area contributed by atoms with Crippen LogP contribution in [0.4, 0.5) is 5.69 Å². The number of carbonyl (C=O) groups excluding carboxylic acids is 2. The molecular weight excluding hydrogens is 436 g/mol. The second-order valence-electron chi connectivity index (χ2n) is 7.22. The summed E-state index contributed by atoms with van der Waals surface area (Å²) < 4.78 is 9.91. The first-order valence-corrected chi connectivity index (χ1v) is 10.9. The molecule has 6 nitrogen and oxygen atoms in total. The van der Waals surface area contributed by atoms with E-state index in [-0.39, 0.29) is 12.5 Å². The molecule has 0 aromatic heterocycles. The van der Waals surface area contributed by atoms with E-state index < -0.39 is 5.97 Å². The van der Waals surface area contributed by atoms with Crippen molar-refractivity contribution in [2.24, 2.45) is 10.9 Å². The van der Waals surface area contributed by atoms with E-state index in [0.29, 0.717) is 33.3 Å². The Bertz CT molecular complexity index is 1000. The summed E-state index contributed by atoms with van der Waals surface area (Å²) in [6.45, 7) is 4.55. The normalized spacial score (nSPS) is 16.4. The lowest BCUT2D eigenvalue weighted by molar-refractivity contribution is -0.142. The van der Waals surface area contributed by atoms with Gasteiger partial charge in [0.1, 0.15) is 5.75 Å². The van der Waals surface area contributed by atoms with Gasteiger partial charge in [-0.25, -0.2) is 9.79 Å². The third-order valence-electron chi connectivity index (χ3n) is 4.25. The van der Waals surface area contributed by atoms with Crippen LogP contribution < -0.4 is 4.74 Å². The number of aliphatic imine (C=N–C) groups is 1. The van der Waals surface area contributed by atoms with Gasteiger partial charge in [0.25, 0.3) is 5.91 Å². The van der Waals surface area contributed by atoms with E-state index in [1.54, 1.807) is 29.2 Å². The molecule has 0 radical (unpaired) electrons. The number of methoxy groups -OCH3 is 1. The topological polar surface area (TPSA) is 68.2 Å². The zero-order valence-corrected chi connectivity index (χ0v) is 19.1. The molecule has 8 heteroatoms. The molecule has 2 aromatic rings. The van der Waals surface area contributed by atoms with Crippen LogP contribution in [0.5, 0.6) is 5.75 Å². The molecule has 0 unspecified atom stereocenters. The van der Waals surface area contributed by atoms with Gasteiger partial charge in [0.05, 0.1) is 17.7 Å². The molecule has 0 bridgehead atoms. The lowest BCUT2D eigenvalue weighted by Gasteiger charge is -2.17. The van der Waals surface area contributed by atoms with Gasteiger partial charge >= 0.3 is 5.97 Å². The van der Waals surface area contributed by atoms with Gasteiger partial charge in [-0.1, -0.05) is 37.6 Å². The van der Waals surface area contributed by atoms with Crippen molar-refractivity contribution in [1.29, 1.82) is 0 Å². The number of amides is 1. The molecule has 1 saturated heterocycles. The number of rotatable bonds is 7. The monoisotopic (exact) mass is 458 g/mol. The van der Waals surface area contributed by atoms with Gasteiger partial charge < -0.3 is 9.47 Å². The summed E-state index contributed by atoms with van der Waals surface area (Å²) in [5, 5.41) is 1.28. The predicted octanol–water partition coefficient (Wildman–Crippen LogP) is 5.15. The van der Waals surface area contributed by atoms with Gasteiger partial charge in [-0.2, -0.15) is 0 Å². The summed E-state index contributed by atoms with van der Waals surface area (Å²) in [6, 6.07) is 14.3. The average Bonchev–Trinajstić information content (AvgIpc) is 3.03. The Morgan fingerprint density at radius 2 is 1.84 bits per heavy atom. The highest BCUT2D eigenvalue weighted by atomic mass is 35.5. The zero-order chi connectivity index (χ0) is 22.4. The number of carbonyl (C=O) groups is 2. The Morgan fingerprint density at radius 1 is 1.16 bits per heavy atom. The fourth-order valence-electron chi connectivity index (χ4n) is 2.76. The van der Waals surface area contributed by atoms with Crippen molar-refractivity contribution in [2.45, 2.75) is 13.8 Å². The number of esters is 1. The molecular formula is C23H23ClN2O4S. The number of thioether (sulfide) groups is 1. The number of halogens is 1. The molecule has 1 aliphatic rings. The molecule has 3 rings (SSSR count). The van der Waals surface area contributed by atoms with E-state index in [1.165, 1.54) is 18.9 Å². The van der Waals surface area contributed by atoms with Crippen LogP contribution in [0.2, 0.25) is 5.02 Å². The number of hydrogen-bond acceptors (Lipinski definition) is 6. The van der Waals surface area contributed by atoms with E-state index in [2.05, 4.69) is 23.6 Å². The molecule has 1 amide bonds. The van der Waals surface area contributed by atoms with Crippen molar-refractivity contribution >= 4 is 52.2 Å². The number of hydrogen-bond donors (Lipinski definition) is 0. The molecule has 0 N–H and O–H groups in total. The second-order valence-corrected chi connectivity index (χ2v) is 8.67. The van der Waals surface area contributed by atoms with E-state index in [9.17, 15) is 9.59 Å². The molecule has 31 heavy (non-hydrogen) atoms. The summed E-state index contributed by atoms with van der Waals surface area (Å²) >= 11 is 7.30. The highest BCUT2D eigenvalue weighted by Crippen LogP contribution is 2.35. The first-order valence-electron chi connectivity index (χ1n) is 9.71. The van der Waals surface area contributed by atoms with E-state index >= 15 is 0 Å². The van der Waals surface area contributed by atoms with Crippen LogP contribution in [0.15, 0.2) is 58.4 Å². The largest absolute Gasteiger partial charge is 0.482 e. The molecule has 1 heterocycles. The van der Waals surface area contributed by atoms with Crippen molar-refractivity contribution in [3.05, 3.63) is 64.0 Å². The van der Waals surface area contributed by atoms with E-state index in [0.717, 1.165) is 11.3 Å². The van der Waals surface area contributed by atoms with Gasteiger partial charge in [-0.05, 0) is 65.7 Å². The summed E-state index contributed by atoms with van der Waals surface area (Å²) in [5.41, 5.74) is 1.58. The number of amidine groups is 1. The lowest BCUT2D eigenvalue weighted by Crippen LogP contribution is -2.32. The van der Waals surface area contributed by atoms with E-state index in [4.69, 9.17) is 16.3 Å². The molecule has 162 valence electrons. The second kappa shape index (κ2) is 10.5. The Labute approximate surface area is 190 Å². The van der Waals surface area contributed by atoms with Crippen molar-refractivity contribution in [3.8, 4) is 5.75 Å². The third-order valence-corrected chi connectivity index (χ3v) is 5.51. The van der Waals surface area contributed by atoms with Crippen LogP contribution in [0.1, 0.15) is 19.4 Å². The molecule has 1 aliphatic heterocycles. The van der Waals surface area contributed by atoms with Crippen molar-refractivity contribution in [1.82, 2.24) is 4.90 Å². The van der Waals surface area contributed by atoms with Crippen LogP contribution in [-0.2, 0) is 14.3 Å². The molecule has 0 atom stereocenters. The average molecular weight is 459 g/mol. The Kier molecular flexibility index (Phi) is 7.76. The van der Waals surface area contributed by atoms with Crippen molar-refractivity contribution in [3.63, 3.8) is 0 Å². The Balaban J connectivity index is 1.80. The fraction of sp³-hybridized carbons (Fsp3) is 0.261. The molecule has 1 fully saturated rings. The minimum absolute atomic E-state index is 0.0718. The fourth-order valence-corrected chi connectivity index (χ4v) is 3.89. The highest BCUT2D eigenvalue weighted by molar-refractivity contribution is 8.18. The maximum absolute atomic E-state index is 13.0. The zero-order valence-electron chi connectivity index (χ0n) is 17.5. The third kappa shape index (κ3) is 6.35. The van der Waals surface area contributed by atoms with Crippen molar-refractivity contribution in [2.75, 3.05) is 20.3 Å². The lowest BCUT2D eigenvalue weighted by atomic mass is 10.2. The summed E-state index contributed by atoms with van der Waals surface area (Å²) in [4.78, 5) is 31.2. The maximum atomic E-state index is 13.0. The number of benzene rings is 2. The van der Waals surface area contributed by atoms with E-state index in [1.807, 2.05) is 30.3 Å². The molecule has 2 aromatic carbocycles.